The average Bonchev–Trinajstić information content (AvgIpc) is 3.05. The van der Waals surface area contributed by atoms with Gasteiger partial charge < -0.3 is 14.4 Å². The first-order chi connectivity index (χ1) is 9.89. The molecule has 2 saturated heterocycles. The smallest absolute Gasteiger partial charge is 0.313 e. The lowest BCUT2D eigenvalue weighted by atomic mass is 9.77. The van der Waals surface area contributed by atoms with Crippen LogP contribution in [0, 0.1) is 11.8 Å². The second-order valence-electron chi connectivity index (χ2n) is 6.61. The van der Waals surface area contributed by atoms with Crippen molar-refractivity contribution in [3.8, 4) is 0 Å². The Kier molecular flexibility index (Phi) is 3.35. The molecule has 116 valence electrons. The fourth-order valence-corrected chi connectivity index (χ4v) is 3.70. The summed E-state index contributed by atoms with van der Waals surface area (Å²) >= 11 is 0. The van der Waals surface area contributed by atoms with Gasteiger partial charge in [0.05, 0.1) is 24.7 Å². The van der Waals surface area contributed by atoms with Crippen LogP contribution in [-0.2, 0) is 19.1 Å². The van der Waals surface area contributed by atoms with E-state index in [0.29, 0.717) is 6.54 Å². The van der Waals surface area contributed by atoms with Crippen molar-refractivity contribution in [3.63, 3.8) is 0 Å². The summed E-state index contributed by atoms with van der Waals surface area (Å²) in [6.45, 7) is 8.28. The lowest BCUT2D eigenvalue weighted by molar-refractivity contribution is -0.157. The van der Waals surface area contributed by atoms with Crippen LogP contribution in [0.3, 0.4) is 0 Å². The van der Waals surface area contributed by atoms with Crippen LogP contribution in [0.4, 0.5) is 0 Å². The molecule has 0 radical (unpaired) electrons. The van der Waals surface area contributed by atoms with E-state index >= 15 is 0 Å². The molecule has 1 amide bonds. The molecule has 0 aromatic heterocycles. The molecule has 3 rings (SSSR count). The zero-order valence-corrected chi connectivity index (χ0v) is 13.0. The normalized spacial score (nSPS) is 38.2. The number of amides is 1. The van der Waals surface area contributed by atoms with Crippen LogP contribution >= 0.6 is 0 Å². The summed E-state index contributed by atoms with van der Waals surface area (Å²) in [6, 6.07) is 0.162. The predicted molar refractivity (Wildman–Crippen MR) is 76.4 cm³/mol. The molecule has 5 nitrogen and oxygen atoms in total. The molecule has 5 atom stereocenters. The Labute approximate surface area is 125 Å². The zero-order chi connectivity index (χ0) is 15.4. The lowest BCUT2D eigenvalue weighted by Gasteiger charge is -2.26. The van der Waals surface area contributed by atoms with Crippen molar-refractivity contribution in [2.75, 3.05) is 6.54 Å². The van der Waals surface area contributed by atoms with Gasteiger partial charge in [-0.2, -0.15) is 0 Å². The van der Waals surface area contributed by atoms with Crippen molar-refractivity contribution < 1.29 is 19.1 Å². The molecular formula is C16H23NO4. The van der Waals surface area contributed by atoms with E-state index in [1.54, 1.807) is 0 Å². The van der Waals surface area contributed by atoms with E-state index < -0.39 is 17.4 Å². The largest absolute Gasteiger partial charge is 0.463 e. The number of carbonyl (C=O) groups excluding carboxylic acids is 2. The Morgan fingerprint density at radius 1 is 1.52 bits per heavy atom. The van der Waals surface area contributed by atoms with Crippen LogP contribution in [-0.4, -0.2) is 47.2 Å². The molecule has 0 unspecified atom stereocenters. The molecule has 2 fully saturated rings. The third-order valence-corrected chi connectivity index (χ3v) is 4.88. The van der Waals surface area contributed by atoms with Gasteiger partial charge in [0.1, 0.15) is 11.5 Å². The van der Waals surface area contributed by atoms with Gasteiger partial charge in [-0.3, -0.25) is 9.59 Å². The fourth-order valence-electron chi connectivity index (χ4n) is 3.70. The van der Waals surface area contributed by atoms with E-state index in [9.17, 15) is 9.59 Å². The summed E-state index contributed by atoms with van der Waals surface area (Å²) in [6.07, 6.45) is 4.28. The van der Waals surface area contributed by atoms with Gasteiger partial charge in [0.25, 0.3) is 0 Å². The lowest BCUT2D eigenvalue weighted by Crippen LogP contribution is -2.41. The molecule has 3 aliphatic heterocycles. The van der Waals surface area contributed by atoms with Crippen molar-refractivity contribution in [2.24, 2.45) is 11.8 Å². The molecule has 21 heavy (non-hydrogen) atoms. The van der Waals surface area contributed by atoms with E-state index in [0.717, 1.165) is 6.42 Å². The Balaban J connectivity index is 1.88. The number of nitrogens with zero attached hydrogens (tertiary/aromatic N) is 1. The maximum Gasteiger partial charge on any atom is 0.313 e. The van der Waals surface area contributed by atoms with Gasteiger partial charge in [-0.25, -0.2) is 0 Å². The van der Waals surface area contributed by atoms with Crippen molar-refractivity contribution in [1.82, 2.24) is 4.90 Å². The highest BCUT2D eigenvalue weighted by Crippen LogP contribution is 2.52. The third-order valence-electron chi connectivity index (χ3n) is 4.88. The molecule has 1 spiro atoms. The SMILES string of the molecule is CC[C@H](C)N1C[C@]23C=C[C@H](O2)[C@@H](C(=O)OC(C)C)[C@@H]3C1=O. The van der Waals surface area contributed by atoms with E-state index in [1.807, 2.05) is 37.8 Å². The van der Waals surface area contributed by atoms with Gasteiger partial charge >= 0.3 is 5.97 Å². The Morgan fingerprint density at radius 2 is 2.24 bits per heavy atom. The highest BCUT2D eigenvalue weighted by Gasteiger charge is 2.67. The maximum absolute atomic E-state index is 12.8. The molecule has 5 heteroatoms. The van der Waals surface area contributed by atoms with Crippen LogP contribution in [0.5, 0.6) is 0 Å². The molecular weight excluding hydrogens is 270 g/mol. The van der Waals surface area contributed by atoms with Gasteiger partial charge in [0.15, 0.2) is 0 Å². The molecule has 0 aromatic carbocycles. The number of fused-ring (bicyclic) bond motifs is 1. The minimum absolute atomic E-state index is 0.0295. The minimum Gasteiger partial charge on any atom is -0.463 e. The van der Waals surface area contributed by atoms with E-state index in [-0.39, 0.29) is 30.1 Å². The second-order valence-corrected chi connectivity index (χ2v) is 6.61. The Hall–Kier alpha value is -1.36. The summed E-state index contributed by atoms with van der Waals surface area (Å²) < 4.78 is 11.4. The predicted octanol–water partition coefficient (Wildman–Crippen LogP) is 1.52. The van der Waals surface area contributed by atoms with Crippen LogP contribution in [0.25, 0.3) is 0 Å². The number of hydrogen-bond donors (Lipinski definition) is 0. The summed E-state index contributed by atoms with van der Waals surface area (Å²) in [5.74, 6) is -1.21. The molecule has 3 aliphatic rings. The molecule has 0 saturated carbocycles. The minimum atomic E-state index is -0.619. The van der Waals surface area contributed by atoms with Crippen molar-refractivity contribution in [3.05, 3.63) is 12.2 Å². The molecule has 3 heterocycles. The number of hydrogen-bond acceptors (Lipinski definition) is 4. The number of ether oxygens (including phenoxy) is 2. The quantitative estimate of drug-likeness (QED) is 0.582. The summed E-state index contributed by atoms with van der Waals surface area (Å²) in [7, 11) is 0. The highest BCUT2D eigenvalue weighted by atomic mass is 16.6. The molecule has 0 N–H and O–H groups in total. The highest BCUT2D eigenvalue weighted by molar-refractivity contribution is 5.91. The van der Waals surface area contributed by atoms with Crippen molar-refractivity contribution >= 4 is 11.9 Å². The van der Waals surface area contributed by atoms with Gasteiger partial charge in [-0.15, -0.1) is 0 Å². The zero-order valence-electron chi connectivity index (χ0n) is 13.0. The standard InChI is InChI=1S/C16H23NO4/c1-5-10(4)17-8-16-7-6-11(21-16)12(13(16)14(17)18)15(19)20-9(2)3/h6-7,9-13H,5,8H2,1-4H3/t10-,11-,12+,13+,16-/m0/s1. The topological polar surface area (TPSA) is 55.8 Å². The number of rotatable bonds is 4. The first-order valence-electron chi connectivity index (χ1n) is 7.77. The number of likely N-dealkylation sites (tertiary alicyclic amines) is 1. The first-order valence-corrected chi connectivity index (χ1v) is 7.77. The van der Waals surface area contributed by atoms with Crippen molar-refractivity contribution in [2.45, 2.75) is 58.0 Å². The van der Waals surface area contributed by atoms with Gasteiger partial charge in [0.2, 0.25) is 5.91 Å². The van der Waals surface area contributed by atoms with Crippen LogP contribution in [0.1, 0.15) is 34.1 Å². The van der Waals surface area contributed by atoms with Crippen LogP contribution in [0.2, 0.25) is 0 Å². The van der Waals surface area contributed by atoms with Crippen LogP contribution in [0.15, 0.2) is 12.2 Å². The summed E-state index contributed by atoms with van der Waals surface area (Å²) in [5, 5.41) is 0. The first kappa shape index (κ1) is 14.6. The summed E-state index contributed by atoms with van der Waals surface area (Å²) in [5.41, 5.74) is -0.619. The molecule has 2 bridgehead atoms. The van der Waals surface area contributed by atoms with Gasteiger partial charge in [-0.1, -0.05) is 19.1 Å². The molecule has 0 aliphatic carbocycles. The van der Waals surface area contributed by atoms with E-state index in [2.05, 4.69) is 6.92 Å². The Bertz CT molecular complexity index is 501. The van der Waals surface area contributed by atoms with Crippen molar-refractivity contribution in [1.29, 1.82) is 0 Å². The number of carbonyl (C=O) groups is 2. The average molecular weight is 293 g/mol. The monoisotopic (exact) mass is 293 g/mol. The fraction of sp³-hybridized carbons (Fsp3) is 0.750. The van der Waals surface area contributed by atoms with E-state index in [1.165, 1.54) is 0 Å². The second kappa shape index (κ2) is 4.83. The number of esters is 1. The van der Waals surface area contributed by atoms with Gasteiger partial charge in [0, 0.05) is 6.04 Å². The Morgan fingerprint density at radius 3 is 2.86 bits per heavy atom. The summed E-state index contributed by atoms with van der Waals surface area (Å²) in [4.78, 5) is 27.0. The maximum atomic E-state index is 12.8. The molecule has 0 aromatic rings. The van der Waals surface area contributed by atoms with Gasteiger partial charge in [-0.05, 0) is 27.2 Å². The third kappa shape index (κ3) is 2.01. The van der Waals surface area contributed by atoms with Crippen LogP contribution < -0.4 is 0 Å². The van der Waals surface area contributed by atoms with E-state index in [4.69, 9.17) is 9.47 Å².